The first-order chi connectivity index (χ1) is 17.2. The lowest BCUT2D eigenvalue weighted by atomic mass is 10.1. The summed E-state index contributed by atoms with van der Waals surface area (Å²) in [5.74, 6) is -0.0669. The van der Waals surface area contributed by atoms with Crippen LogP contribution in [0.1, 0.15) is 41.5 Å². The van der Waals surface area contributed by atoms with Crippen LogP contribution in [0.25, 0.3) is 17.0 Å². The Morgan fingerprint density at radius 2 is 2.26 bits per heavy atom. The molecule has 2 aliphatic heterocycles. The first-order valence-corrected chi connectivity index (χ1v) is 11.9. The lowest BCUT2D eigenvalue weighted by Gasteiger charge is -2.24. The van der Waals surface area contributed by atoms with Crippen LogP contribution in [-0.4, -0.2) is 60.8 Å². The SMILES string of the molecule is C=C(N=C/C=C\C)c1cnn(C[C@@H]2CCCN2C(=O)c2nn3c(c2-c2ccccn2)COCC3)c1. The number of pyridine rings is 1. The van der Waals surface area contributed by atoms with Gasteiger partial charge in [0.05, 0.1) is 61.2 Å². The van der Waals surface area contributed by atoms with Crippen LogP contribution < -0.4 is 0 Å². The minimum Gasteiger partial charge on any atom is -0.373 e. The quantitative estimate of drug-likeness (QED) is 0.491. The summed E-state index contributed by atoms with van der Waals surface area (Å²) >= 11 is 0. The first kappa shape index (κ1) is 22.9. The topological polar surface area (TPSA) is 90.4 Å². The minimum absolute atomic E-state index is 0.0293. The number of carbonyl (C=O) groups excluding carboxylic acids is 1. The minimum atomic E-state index is -0.0669. The summed E-state index contributed by atoms with van der Waals surface area (Å²) < 4.78 is 9.45. The molecule has 0 spiro atoms. The number of ether oxygens (including phenoxy) is 1. The molecule has 0 bridgehead atoms. The first-order valence-electron chi connectivity index (χ1n) is 11.9. The molecule has 3 aromatic rings. The molecule has 2 aliphatic rings. The van der Waals surface area contributed by atoms with Crippen molar-refractivity contribution in [2.45, 2.75) is 45.5 Å². The Labute approximate surface area is 204 Å². The number of allylic oxidation sites excluding steroid dienone is 2. The van der Waals surface area contributed by atoms with Gasteiger partial charge in [-0.15, -0.1) is 0 Å². The zero-order chi connectivity index (χ0) is 24.2. The van der Waals surface area contributed by atoms with E-state index in [0.717, 1.165) is 35.4 Å². The van der Waals surface area contributed by atoms with Crippen LogP contribution in [0.5, 0.6) is 0 Å². The second-order valence-corrected chi connectivity index (χ2v) is 8.66. The number of carbonyl (C=O) groups is 1. The molecule has 0 N–H and O–H groups in total. The molecule has 1 fully saturated rings. The highest BCUT2D eigenvalue weighted by Gasteiger charge is 2.35. The van der Waals surface area contributed by atoms with E-state index in [9.17, 15) is 4.79 Å². The van der Waals surface area contributed by atoms with Crippen molar-refractivity contribution in [3.63, 3.8) is 0 Å². The third kappa shape index (κ3) is 4.72. The normalized spacial score (nSPS) is 18.0. The van der Waals surface area contributed by atoms with Crippen molar-refractivity contribution in [1.29, 1.82) is 0 Å². The number of nitrogens with zero attached hydrogens (tertiary/aromatic N) is 7. The number of fused-ring (bicyclic) bond motifs is 1. The van der Waals surface area contributed by atoms with Crippen molar-refractivity contribution >= 4 is 17.8 Å². The van der Waals surface area contributed by atoms with Crippen LogP contribution >= 0.6 is 0 Å². The van der Waals surface area contributed by atoms with Crippen LogP contribution in [0.2, 0.25) is 0 Å². The Hall–Kier alpha value is -3.85. The van der Waals surface area contributed by atoms with Crippen LogP contribution in [0.4, 0.5) is 0 Å². The van der Waals surface area contributed by atoms with Gasteiger partial charge in [-0.05, 0) is 38.0 Å². The van der Waals surface area contributed by atoms with Crippen LogP contribution in [-0.2, 0) is 24.4 Å². The highest BCUT2D eigenvalue weighted by molar-refractivity contribution is 5.99. The number of amides is 1. The molecular formula is C26H29N7O2. The van der Waals surface area contributed by atoms with Crippen molar-refractivity contribution in [3.05, 3.63) is 72.5 Å². The molecule has 9 heteroatoms. The Balaban J connectivity index is 1.38. The summed E-state index contributed by atoms with van der Waals surface area (Å²) in [4.78, 5) is 24.6. The van der Waals surface area contributed by atoms with E-state index in [-0.39, 0.29) is 11.9 Å². The lowest BCUT2D eigenvalue weighted by molar-refractivity contribution is 0.0709. The molecular weight excluding hydrogens is 442 g/mol. The third-order valence-electron chi connectivity index (χ3n) is 6.38. The Morgan fingerprint density at radius 3 is 3.09 bits per heavy atom. The summed E-state index contributed by atoms with van der Waals surface area (Å²) in [6.07, 6.45) is 12.8. The molecule has 1 amide bonds. The van der Waals surface area contributed by atoms with Gasteiger partial charge in [-0.25, -0.2) is 0 Å². The second-order valence-electron chi connectivity index (χ2n) is 8.66. The molecule has 0 aromatic carbocycles. The molecule has 5 heterocycles. The Bertz CT molecular complexity index is 1270. The van der Waals surface area contributed by atoms with E-state index in [4.69, 9.17) is 9.84 Å². The molecule has 180 valence electrons. The maximum absolute atomic E-state index is 13.8. The fourth-order valence-electron chi connectivity index (χ4n) is 4.63. The predicted octanol–water partition coefficient (Wildman–Crippen LogP) is 3.59. The molecule has 9 nitrogen and oxygen atoms in total. The van der Waals surface area contributed by atoms with Gasteiger partial charge >= 0.3 is 0 Å². The van der Waals surface area contributed by atoms with Gasteiger partial charge in [0.1, 0.15) is 0 Å². The summed E-state index contributed by atoms with van der Waals surface area (Å²) in [6.45, 7) is 8.89. The molecule has 0 unspecified atom stereocenters. The number of hydrogen-bond acceptors (Lipinski definition) is 6. The average molecular weight is 472 g/mol. The van der Waals surface area contributed by atoms with Gasteiger partial charge in [-0.2, -0.15) is 10.2 Å². The zero-order valence-corrected chi connectivity index (χ0v) is 19.9. The largest absolute Gasteiger partial charge is 0.373 e. The molecule has 1 saturated heterocycles. The zero-order valence-electron chi connectivity index (χ0n) is 19.9. The maximum Gasteiger partial charge on any atom is 0.275 e. The number of aromatic nitrogens is 5. The standard InChI is InChI=1S/C26H29N7O2/c1-3-4-10-27-19(2)20-15-29-31(16-20)17-21-8-7-12-32(21)26(34)25-24(22-9-5-6-11-28-22)23-18-35-14-13-33(23)30-25/h3-6,9-11,15-16,21H,2,7-8,12-14,17-18H2,1H3/b4-3-,27-10?/t21-/m0/s1. The average Bonchev–Trinajstić information content (AvgIpc) is 3.63. The van der Waals surface area contributed by atoms with Crippen molar-refractivity contribution < 1.29 is 9.53 Å². The lowest BCUT2D eigenvalue weighted by Crippen LogP contribution is -2.38. The van der Waals surface area contributed by atoms with Crippen molar-refractivity contribution in [1.82, 2.24) is 29.4 Å². The van der Waals surface area contributed by atoms with Gasteiger partial charge in [0.2, 0.25) is 0 Å². The molecule has 35 heavy (non-hydrogen) atoms. The van der Waals surface area contributed by atoms with E-state index in [1.165, 1.54) is 0 Å². The summed E-state index contributed by atoms with van der Waals surface area (Å²) in [7, 11) is 0. The number of rotatable bonds is 7. The van der Waals surface area contributed by atoms with E-state index in [1.54, 1.807) is 18.6 Å². The van der Waals surface area contributed by atoms with E-state index >= 15 is 0 Å². The van der Waals surface area contributed by atoms with Gasteiger partial charge in [0, 0.05) is 30.7 Å². The third-order valence-corrected chi connectivity index (χ3v) is 6.38. The second kappa shape index (κ2) is 10.2. The molecule has 0 aliphatic carbocycles. The molecule has 0 radical (unpaired) electrons. The van der Waals surface area contributed by atoms with E-state index in [2.05, 4.69) is 21.7 Å². The van der Waals surface area contributed by atoms with Gasteiger partial charge < -0.3 is 9.64 Å². The number of aliphatic imine (C=N–C) groups is 1. The van der Waals surface area contributed by atoms with E-state index < -0.39 is 0 Å². The Morgan fingerprint density at radius 1 is 1.34 bits per heavy atom. The van der Waals surface area contributed by atoms with Gasteiger partial charge in [0.25, 0.3) is 5.91 Å². The summed E-state index contributed by atoms with van der Waals surface area (Å²) in [6, 6.07) is 5.74. The van der Waals surface area contributed by atoms with Crippen molar-refractivity contribution in [2.75, 3.05) is 13.2 Å². The molecule has 1 atom stereocenters. The summed E-state index contributed by atoms with van der Waals surface area (Å²) in [5.41, 5.74) is 4.39. The maximum atomic E-state index is 13.8. The Kier molecular flexibility index (Phi) is 6.67. The van der Waals surface area contributed by atoms with Gasteiger partial charge in [-0.3, -0.25) is 24.1 Å². The smallest absolute Gasteiger partial charge is 0.275 e. The molecule has 0 saturated carbocycles. The number of likely N-dealkylation sites (tertiary alicyclic amines) is 1. The fraction of sp³-hybridized carbons (Fsp3) is 0.346. The predicted molar refractivity (Wildman–Crippen MR) is 134 cm³/mol. The highest BCUT2D eigenvalue weighted by Crippen LogP contribution is 2.31. The van der Waals surface area contributed by atoms with E-state index in [1.807, 2.05) is 57.7 Å². The molecule has 5 rings (SSSR count). The van der Waals surface area contributed by atoms with Crippen LogP contribution in [0.15, 0.2) is 60.5 Å². The van der Waals surface area contributed by atoms with E-state index in [0.29, 0.717) is 44.2 Å². The fourth-order valence-corrected chi connectivity index (χ4v) is 4.63. The monoisotopic (exact) mass is 471 g/mol. The summed E-state index contributed by atoms with van der Waals surface area (Å²) in [5, 5.41) is 9.22. The van der Waals surface area contributed by atoms with Crippen molar-refractivity contribution in [3.8, 4) is 11.3 Å². The van der Waals surface area contributed by atoms with Crippen LogP contribution in [0.3, 0.4) is 0 Å². The van der Waals surface area contributed by atoms with Crippen LogP contribution in [0, 0.1) is 0 Å². The van der Waals surface area contributed by atoms with Crippen molar-refractivity contribution in [2.24, 2.45) is 4.99 Å². The van der Waals surface area contributed by atoms with Gasteiger partial charge in [0.15, 0.2) is 5.69 Å². The van der Waals surface area contributed by atoms with Gasteiger partial charge in [-0.1, -0.05) is 18.7 Å². The number of hydrogen-bond donors (Lipinski definition) is 0. The molecule has 3 aromatic heterocycles. The highest BCUT2D eigenvalue weighted by atomic mass is 16.5.